The molecule has 9 heteroatoms. The van der Waals surface area contributed by atoms with Crippen LogP contribution >= 0.6 is 24.4 Å². The Morgan fingerprint density at radius 2 is 1.57 bits per heavy atom. The minimum Gasteiger partial charge on any atom is -0.361 e. The van der Waals surface area contributed by atoms with Gasteiger partial charge in [-0.05, 0) is 62.0 Å². The van der Waals surface area contributed by atoms with Crippen LogP contribution in [0.5, 0.6) is 0 Å². The van der Waals surface area contributed by atoms with Crippen LogP contribution < -0.4 is 16.0 Å². The Balaban J connectivity index is 1.65. The summed E-state index contributed by atoms with van der Waals surface area (Å²) in [5.41, 5.74) is 1.21. The maximum Gasteiger partial charge on any atom is 0.173 e. The minimum absolute atomic E-state index is 0.0866. The van der Waals surface area contributed by atoms with Crippen LogP contribution in [0.25, 0.3) is 0 Å². The van der Waals surface area contributed by atoms with Gasteiger partial charge >= 0.3 is 0 Å². The molecule has 1 aliphatic heterocycles. The molecule has 0 aromatic heterocycles. The van der Waals surface area contributed by atoms with E-state index in [-0.39, 0.29) is 11.5 Å². The van der Waals surface area contributed by atoms with E-state index >= 15 is 0 Å². The van der Waals surface area contributed by atoms with Crippen molar-refractivity contribution in [3.05, 3.63) is 60.7 Å². The van der Waals surface area contributed by atoms with E-state index in [0.29, 0.717) is 29.7 Å². The monoisotopic (exact) mass is 462 g/mol. The number of hydrogen-bond donors (Lipinski definition) is 3. The van der Waals surface area contributed by atoms with Gasteiger partial charge in [0.1, 0.15) is 0 Å². The fraction of sp³-hybridized carbons (Fsp3) is 0.333. The number of anilines is 2. The highest BCUT2D eigenvalue weighted by Crippen LogP contribution is 2.30. The summed E-state index contributed by atoms with van der Waals surface area (Å²) in [5.74, 6) is 0.263. The highest BCUT2D eigenvalue weighted by Gasteiger charge is 2.43. The van der Waals surface area contributed by atoms with Gasteiger partial charge in [0, 0.05) is 24.5 Å². The Hall–Kier alpha value is -2.23. The predicted octanol–water partition coefficient (Wildman–Crippen LogP) is 3.25. The summed E-state index contributed by atoms with van der Waals surface area (Å²) in [6.45, 7) is 2.99. The average molecular weight is 463 g/mol. The lowest BCUT2D eigenvalue weighted by atomic mass is 9.99. The number of para-hydroxylation sites is 2. The fourth-order valence-electron chi connectivity index (χ4n) is 3.51. The molecule has 0 unspecified atom stereocenters. The van der Waals surface area contributed by atoms with Gasteiger partial charge in [0.25, 0.3) is 0 Å². The molecule has 30 heavy (non-hydrogen) atoms. The summed E-state index contributed by atoms with van der Waals surface area (Å²) in [6.07, 6.45) is 0.540. The Morgan fingerprint density at radius 3 is 2.10 bits per heavy atom. The van der Waals surface area contributed by atoms with E-state index in [1.165, 1.54) is 0 Å². The second-order valence-corrected chi connectivity index (χ2v) is 10.5. The van der Waals surface area contributed by atoms with Crippen molar-refractivity contribution in [2.45, 2.75) is 18.9 Å². The lowest BCUT2D eigenvalue weighted by molar-refractivity contribution is 0.227. The Bertz CT molecular complexity index is 984. The third kappa shape index (κ3) is 6.13. The molecule has 160 valence electrons. The molecule has 0 spiro atoms. The highest BCUT2D eigenvalue weighted by molar-refractivity contribution is 7.91. The van der Waals surface area contributed by atoms with Crippen LogP contribution in [0.3, 0.4) is 0 Å². The summed E-state index contributed by atoms with van der Waals surface area (Å²) in [4.78, 5) is 1.97. The van der Waals surface area contributed by atoms with Crippen molar-refractivity contribution in [3.8, 4) is 0 Å². The number of sulfone groups is 1. The molecule has 1 fully saturated rings. The molecule has 0 radical (unpaired) electrons. The van der Waals surface area contributed by atoms with Crippen LogP contribution in [-0.2, 0) is 9.84 Å². The second-order valence-electron chi connectivity index (χ2n) is 7.53. The first-order chi connectivity index (χ1) is 14.3. The molecule has 2 aromatic carbocycles. The first-order valence-corrected chi connectivity index (χ1v) is 12.4. The smallest absolute Gasteiger partial charge is 0.173 e. The lowest BCUT2D eigenvalue weighted by Gasteiger charge is -2.39. The average Bonchev–Trinajstić information content (AvgIpc) is 3.00. The van der Waals surface area contributed by atoms with Gasteiger partial charge in [-0.1, -0.05) is 36.4 Å². The molecule has 6 nitrogen and oxygen atoms in total. The van der Waals surface area contributed by atoms with Crippen molar-refractivity contribution in [1.29, 1.82) is 0 Å². The molecule has 1 aliphatic rings. The van der Waals surface area contributed by atoms with Crippen LogP contribution in [0, 0.1) is 0 Å². The first kappa shape index (κ1) is 22.5. The highest BCUT2D eigenvalue weighted by atomic mass is 32.2. The molecule has 3 rings (SSSR count). The van der Waals surface area contributed by atoms with Crippen molar-refractivity contribution in [1.82, 2.24) is 10.2 Å². The molecule has 3 N–H and O–H groups in total. The van der Waals surface area contributed by atoms with E-state index in [1.54, 1.807) is 0 Å². The molecular weight excluding hydrogens is 436 g/mol. The van der Waals surface area contributed by atoms with Crippen molar-refractivity contribution in [3.63, 3.8) is 0 Å². The van der Waals surface area contributed by atoms with E-state index < -0.39 is 15.4 Å². The van der Waals surface area contributed by atoms with E-state index in [9.17, 15) is 8.42 Å². The van der Waals surface area contributed by atoms with E-state index in [0.717, 1.165) is 11.4 Å². The SMILES string of the molecule is C[C@]1(N(CCNC(=S)Nc2ccccc2)C(=S)Nc2ccccc2)CCS(=O)(=O)C1. The summed E-state index contributed by atoms with van der Waals surface area (Å²) in [6, 6.07) is 19.3. The molecule has 0 aliphatic carbocycles. The number of hydrogen-bond acceptors (Lipinski definition) is 4. The number of thiocarbonyl (C=S) groups is 2. The van der Waals surface area contributed by atoms with Gasteiger partial charge in [0.2, 0.25) is 0 Å². The van der Waals surface area contributed by atoms with Crippen molar-refractivity contribution >= 4 is 55.9 Å². The third-order valence-electron chi connectivity index (χ3n) is 5.06. The topological polar surface area (TPSA) is 73.5 Å². The van der Waals surface area contributed by atoms with Gasteiger partial charge in [0.15, 0.2) is 20.1 Å². The van der Waals surface area contributed by atoms with Gasteiger partial charge in [-0.15, -0.1) is 0 Å². The van der Waals surface area contributed by atoms with Gasteiger partial charge in [-0.3, -0.25) is 0 Å². The zero-order valence-corrected chi connectivity index (χ0v) is 19.2. The first-order valence-electron chi connectivity index (χ1n) is 9.71. The summed E-state index contributed by atoms with van der Waals surface area (Å²) in [5, 5.41) is 10.6. The van der Waals surface area contributed by atoms with E-state index in [1.807, 2.05) is 72.5 Å². The van der Waals surface area contributed by atoms with Crippen LogP contribution in [0.1, 0.15) is 13.3 Å². The summed E-state index contributed by atoms with van der Waals surface area (Å²) in [7, 11) is -3.07. The van der Waals surface area contributed by atoms with Gasteiger partial charge in [0.05, 0.1) is 17.0 Å². The third-order valence-corrected chi connectivity index (χ3v) is 7.51. The molecule has 0 amide bonds. The zero-order valence-electron chi connectivity index (χ0n) is 16.8. The van der Waals surface area contributed by atoms with Gasteiger partial charge in [-0.25, -0.2) is 8.42 Å². The number of nitrogens with one attached hydrogen (secondary N) is 3. The predicted molar refractivity (Wildman–Crippen MR) is 132 cm³/mol. The molecule has 1 atom stereocenters. The standard InChI is InChI=1S/C21H26N4O2S3/c1-21(12-15-30(26,27)16-21)25(20(29)24-18-10-6-3-7-11-18)14-13-22-19(28)23-17-8-4-2-5-9-17/h2-11H,12-16H2,1H3,(H,24,29)(H2,22,23,28)/t21-/m0/s1. The molecule has 0 saturated carbocycles. The fourth-order valence-corrected chi connectivity index (χ4v) is 6.31. The number of nitrogens with zero attached hydrogens (tertiary/aromatic N) is 1. The van der Waals surface area contributed by atoms with Crippen molar-refractivity contribution < 1.29 is 8.42 Å². The lowest BCUT2D eigenvalue weighted by Crippen LogP contribution is -2.54. The Kier molecular flexibility index (Phi) is 7.27. The van der Waals surface area contributed by atoms with Gasteiger partial charge < -0.3 is 20.9 Å². The molecule has 2 aromatic rings. The van der Waals surface area contributed by atoms with E-state index in [4.69, 9.17) is 24.4 Å². The maximum absolute atomic E-state index is 12.2. The van der Waals surface area contributed by atoms with Crippen LogP contribution in [0.2, 0.25) is 0 Å². The number of benzene rings is 2. The largest absolute Gasteiger partial charge is 0.361 e. The van der Waals surface area contributed by atoms with Gasteiger partial charge in [-0.2, -0.15) is 0 Å². The van der Waals surface area contributed by atoms with Crippen molar-refractivity contribution in [2.24, 2.45) is 0 Å². The molecule has 1 saturated heterocycles. The molecular formula is C21H26N4O2S3. The summed E-state index contributed by atoms with van der Waals surface area (Å²) >= 11 is 11.0. The normalized spacial score (nSPS) is 19.6. The van der Waals surface area contributed by atoms with E-state index in [2.05, 4.69) is 16.0 Å². The molecule has 0 bridgehead atoms. The second kappa shape index (κ2) is 9.72. The number of rotatable bonds is 6. The Morgan fingerprint density at radius 1 is 1.00 bits per heavy atom. The molecule has 1 heterocycles. The zero-order chi connectivity index (χ0) is 21.6. The quantitative estimate of drug-likeness (QED) is 0.565. The Labute approximate surface area is 189 Å². The maximum atomic E-state index is 12.2. The minimum atomic E-state index is -3.07. The van der Waals surface area contributed by atoms with Crippen LogP contribution in [-0.4, -0.2) is 53.7 Å². The van der Waals surface area contributed by atoms with Crippen LogP contribution in [0.15, 0.2) is 60.7 Å². The summed E-state index contributed by atoms with van der Waals surface area (Å²) < 4.78 is 24.4. The van der Waals surface area contributed by atoms with Crippen molar-refractivity contribution in [2.75, 3.05) is 35.2 Å². The van der Waals surface area contributed by atoms with Crippen LogP contribution in [0.4, 0.5) is 11.4 Å².